The monoisotopic (exact) mass is 265 g/mol. The van der Waals surface area contributed by atoms with E-state index in [-0.39, 0.29) is 6.04 Å². The molecule has 2 N–H and O–H groups in total. The van der Waals surface area contributed by atoms with Gasteiger partial charge in [-0.05, 0) is 24.6 Å². The van der Waals surface area contributed by atoms with E-state index in [1.54, 1.807) is 13.3 Å². The van der Waals surface area contributed by atoms with Gasteiger partial charge >= 0.3 is 0 Å². The maximum absolute atomic E-state index is 6.15. The lowest BCUT2D eigenvalue weighted by atomic mass is 10.1. The molecular formula is C13H16ClN3O. The number of rotatable bonds is 4. The van der Waals surface area contributed by atoms with E-state index in [4.69, 9.17) is 22.1 Å². The molecular weight excluding hydrogens is 250 g/mol. The first-order valence-corrected chi connectivity index (χ1v) is 6.07. The van der Waals surface area contributed by atoms with E-state index in [1.165, 1.54) is 0 Å². The predicted molar refractivity (Wildman–Crippen MR) is 71.9 cm³/mol. The highest BCUT2D eigenvalue weighted by Gasteiger charge is 2.10. The highest BCUT2D eigenvalue weighted by atomic mass is 35.5. The Kier molecular flexibility index (Phi) is 3.89. The second-order valence-electron chi connectivity index (χ2n) is 4.14. The first kappa shape index (κ1) is 12.9. The minimum absolute atomic E-state index is 0.120. The zero-order chi connectivity index (χ0) is 13.1. The van der Waals surface area contributed by atoms with Gasteiger partial charge in [-0.15, -0.1) is 0 Å². The topological polar surface area (TPSA) is 53.1 Å². The quantitative estimate of drug-likeness (QED) is 0.924. The molecule has 5 heteroatoms. The maximum atomic E-state index is 6.15. The summed E-state index contributed by atoms with van der Waals surface area (Å²) in [6, 6.07) is 7.61. The fourth-order valence-corrected chi connectivity index (χ4v) is 1.89. The molecule has 0 fully saturated rings. The third-order valence-electron chi connectivity index (χ3n) is 2.96. The summed E-state index contributed by atoms with van der Waals surface area (Å²) >= 11 is 5.96. The van der Waals surface area contributed by atoms with E-state index in [0.29, 0.717) is 11.6 Å². The average Bonchev–Trinajstić information content (AvgIpc) is 2.71. The number of nitrogens with zero attached hydrogens (tertiary/aromatic N) is 2. The van der Waals surface area contributed by atoms with Crippen LogP contribution in [0.3, 0.4) is 0 Å². The minimum atomic E-state index is -0.120. The molecule has 0 amide bonds. The summed E-state index contributed by atoms with van der Waals surface area (Å²) in [6.07, 6.45) is 1.64. The number of hydrogen-bond donors (Lipinski definition) is 1. The van der Waals surface area contributed by atoms with Crippen LogP contribution in [0.25, 0.3) is 0 Å². The van der Waals surface area contributed by atoms with Crippen LogP contribution in [0.15, 0.2) is 30.5 Å². The molecule has 96 valence electrons. The number of ether oxygens (including phenoxy) is 1. The normalized spacial score (nSPS) is 12.4. The summed E-state index contributed by atoms with van der Waals surface area (Å²) in [4.78, 5) is 0. The van der Waals surface area contributed by atoms with E-state index in [1.807, 2.05) is 35.9 Å². The summed E-state index contributed by atoms with van der Waals surface area (Å²) in [6.45, 7) is 2.53. The first-order valence-electron chi connectivity index (χ1n) is 5.69. The van der Waals surface area contributed by atoms with Crippen LogP contribution in [0.4, 0.5) is 0 Å². The van der Waals surface area contributed by atoms with E-state index in [2.05, 4.69) is 5.10 Å². The van der Waals surface area contributed by atoms with Crippen molar-refractivity contribution >= 4 is 11.6 Å². The Labute approximate surface area is 111 Å². The van der Waals surface area contributed by atoms with Crippen LogP contribution in [-0.2, 0) is 6.54 Å². The van der Waals surface area contributed by atoms with Crippen LogP contribution in [0.5, 0.6) is 5.75 Å². The number of methoxy groups -OCH3 is 1. The molecule has 2 aromatic rings. The molecule has 18 heavy (non-hydrogen) atoms. The maximum Gasteiger partial charge on any atom is 0.118 e. The third-order valence-corrected chi connectivity index (χ3v) is 3.33. The number of aromatic nitrogens is 2. The molecule has 2 rings (SSSR count). The van der Waals surface area contributed by atoms with Crippen LogP contribution in [0.2, 0.25) is 5.02 Å². The molecule has 0 spiro atoms. The largest absolute Gasteiger partial charge is 0.497 e. The van der Waals surface area contributed by atoms with Crippen molar-refractivity contribution < 1.29 is 4.74 Å². The molecule has 0 aliphatic heterocycles. The molecule has 0 saturated heterocycles. The standard InChI is InChI=1S/C13H16ClN3O/c1-9-12(14)7-16-17(9)8-13(15)10-3-5-11(18-2)6-4-10/h3-7,13H,8,15H2,1-2H3. The molecule has 0 bridgehead atoms. The summed E-state index contributed by atoms with van der Waals surface area (Å²) in [5.74, 6) is 0.823. The number of benzene rings is 1. The lowest BCUT2D eigenvalue weighted by Gasteiger charge is -2.14. The van der Waals surface area contributed by atoms with Gasteiger partial charge in [-0.2, -0.15) is 5.10 Å². The Hall–Kier alpha value is -1.52. The van der Waals surface area contributed by atoms with Gasteiger partial charge in [0.15, 0.2) is 0 Å². The fourth-order valence-electron chi connectivity index (χ4n) is 1.75. The zero-order valence-corrected chi connectivity index (χ0v) is 11.2. The van der Waals surface area contributed by atoms with Gasteiger partial charge in [-0.3, -0.25) is 4.68 Å². The number of hydrogen-bond acceptors (Lipinski definition) is 3. The molecule has 0 saturated carbocycles. The van der Waals surface area contributed by atoms with Crippen LogP contribution in [-0.4, -0.2) is 16.9 Å². The van der Waals surface area contributed by atoms with Gasteiger partial charge in [0.1, 0.15) is 5.75 Å². The molecule has 0 aliphatic rings. The summed E-state index contributed by atoms with van der Waals surface area (Å²) < 4.78 is 6.93. The Balaban J connectivity index is 2.11. The Bertz CT molecular complexity index is 522. The molecule has 1 unspecified atom stereocenters. The first-order chi connectivity index (χ1) is 8.61. The molecule has 1 heterocycles. The van der Waals surface area contributed by atoms with Crippen molar-refractivity contribution in [1.82, 2.24) is 9.78 Å². The van der Waals surface area contributed by atoms with Gasteiger partial charge in [0, 0.05) is 6.04 Å². The average molecular weight is 266 g/mol. The van der Waals surface area contributed by atoms with E-state index < -0.39 is 0 Å². The fraction of sp³-hybridized carbons (Fsp3) is 0.308. The van der Waals surface area contributed by atoms with Crippen LogP contribution < -0.4 is 10.5 Å². The van der Waals surface area contributed by atoms with Gasteiger partial charge in [0.25, 0.3) is 0 Å². The van der Waals surface area contributed by atoms with Crippen LogP contribution in [0, 0.1) is 6.92 Å². The molecule has 1 aromatic heterocycles. The van der Waals surface area contributed by atoms with Crippen molar-refractivity contribution in [2.75, 3.05) is 7.11 Å². The van der Waals surface area contributed by atoms with Crippen molar-refractivity contribution in [3.63, 3.8) is 0 Å². The minimum Gasteiger partial charge on any atom is -0.497 e. The predicted octanol–water partition coefficient (Wildman–Crippen LogP) is 2.55. The van der Waals surface area contributed by atoms with Crippen molar-refractivity contribution in [2.45, 2.75) is 19.5 Å². The van der Waals surface area contributed by atoms with E-state index in [9.17, 15) is 0 Å². The SMILES string of the molecule is COc1ccc(C(N)Cn2ncc(Cl)c2C)cc1. The van der Waals surface area contributed by atoms with Gasteiger partial charge in [-0.1, -0.05) is 23.7 Å². The van der Waals surface area contributed by atoms with Gasteiger partial charge in [0.05, 0.1) is 30.6 Å². The third kappa shape index (κ3) is 2.66. The molecule has 4 nitrogen and oxygen atoms in total. The van der Waals surface area contributed by atoms with Crippen LogP contribution >= 0.6 is 11.6 Å². The smallest absolute Gasteiger partial charge is 0.118 e. The van der Waals surface area contributed by atoms with Crippen LogP contribution in [0.1, 0.15) is 17.3 Å². The lowest BCUT2D eigenvalue weighted by Crippen LogP contribution is -2.19. The van der Waals surface area contributed by atoms with Gasteiger partial charge < -0.3 is 10.5 Å². The van der Waals surface area contributed by atoms with Gasteiger partial charge in [-0.25, -0.2) is 0 Å². The summed E-state index contributed by atoms with van der Waals surface area (Å²) in [7, 11) is 1.64. The van der Waals surface area contributed by atoms with Crippen molar-refractivity contribution in [3.8, 4) is 5.75 Å². The second-order valence-corrected chi connectivity index (χ2v) is 4.55. The highest BCUT2D eigenvalue weighted by molar-refractivity contribution is 6.31. The number of halogens is 1. The highest BCUT2D eigenvalue weighted by Crippen LogP contribution is 2.19. The molecule has 0 radical (unpaired) electrons. The summed E-state index contributed by atoms with van der Waals surface area (Å²) in [5, 5.41) is 4.86. The lowest BCUT2D eigenvalue weighted by molar-refractivity contribution is 0.414. The Morgan fingerprint density at radius 2 is 2.06 bits per heavy atom. The van der Waals surface area contributed by atoms with E-state index in [0.717, 1.165) is 17.0 Å². The molecule has 0 aliphatic carbocycles. The number of nitrogens with two attached hydrogens (primary N) is 1. The van der Waals surface area contributed by atoms with E-state index >= 15 is 0 Å². The summed E-state index contributed by atoms with van der Waals surface area (Å²) in [5.41, 5.74) is 8.13. The second kappa shape index (κ2) is 5.42. The van der Waals surface area contributed by atoms with Crippen molar-refractivity contribution in [3.05, 3.63) is 46.7 Å². The van der Waals surface area contributed by atoms with Gasteiger partial charge in [0.2, 0.25) is 0 Å². The molecule has 1 atom stereocenters. The molecule has 1 aromatic carbocycles. The Morgan fingerprint density at radius 1 is 1.39 bits per heavy atom. The van der Waals surface area contributed by atoms with Crippen molar-refractivity contribution in [2.24, 2.45) is 5.73 Å². The Morgan fingerprint density at radius 3 is 2.56 bits per heavy atom. The zero-order valence-electron chi connectivity index (χ0n) is 10.4. The van der Waals surface area contributed by atoms with Crippen molar-refractivity contribution in [1.29, 1.82) is 0 Å².